The minimum Gasteiger partial charge on any atom is -0.300 e. The molecule has 17 heavy (non-hydrogen) atoms. The first-order valence-electron chi connectivity index (χ1n) is 5.51. The topological polar surface area (TPSA) is 71.4 Å². The number of Topliss-reactive ketones (excluding diaryl/α,β-unsaturated/α-hetero) is 1. The van der Waals surface area contributed by atoms with E-state index in [1.54, 1.807) is 12.1 Å². The molecule has 94 valence electrons. The third-order valence-electron chi connectivity index (χ3n) is 2.44. The molecule has 1 N–H and O–H groups in total. The lowest BCUT2D eigenvalue weighted by atomic mass is 10.1. The molecule has 4 nitrogen and oxygen atoms in total. The number of hydrogen-bond donors (Lipinski definition) is 1. The van der Waals surface area contributed by atoms with Crippen LogP contribution in [0.15, 0.2) is 29.2 Å². The Labute approximate surface area is 101 Å². The van der Waals surface area contributed by atoms with Crippen molar-refractivity contribution in [1.29, 1.82) is 0 Å². The van der Waals surface area contributed by atoms with Crippen LogP contribution in [-0.2, 0) is 21.3 Å². The quantitative estimate of drug-likeness (QED) is 0.792. The van der Waals surface area contributed by atoms with Gasteiger partial charge < -0.3 is 0 Å². The number of hydrogen-bond acceptors (Lipinski definition) is 3. The number of carbonyl (C=O) groups excluding carboxylic acids is 1. The Kier molecular flexibility index (Phi) is 4.84. The molecule has 1 aromatic rings. The minimum absolute atomic E-state index is 0.124. The van der Waals surface area contributed by atoms with Crippen molar-refractivity contribution in [1.82, 2.24) is 0 Å². The zero-order valence-electron chi connectivity index (χ0n) is 9.72. The molecular weight excluding hydrogens is 240 g/mol. The van der Waals surface area contributed by atoms with Crippen LogP contribution in [0.4, 0.5) is 0 Å². The van der Waals surface area contributed by atoms with Crippen LogP contribution >= 0.6 is 0 Å². The van der Waals surface area contributed by atoms with Gasteiger partial charge in [-0.05, 0) is 30.5 Å². The number of rotatable bonds is 6. The molecule has 0 aliphatic rings. The van der Waals surface area contributed by atoms with E-state index < -0.39 is 10.1 Å². The van der Waals surface area contributed by atoms with Crippen molar-refractivity contribution in [3.05, 3.63) is 29.8 Å². The van der Waals surface area contributed by atoms with Gasteiger partial charge in [-0.15, -0.1) is 0 Å². The highest BCUT2D eigenvalue weighted by atomic mass is 32.2. The molecule has 0 aliphatic carbocycles. The first-order chi connectivity index (χ1) is 7.93. The molecular formula is C12H16O4S. The van der Waals surface area contributed by atoms with E-state index in [0.717, 1.165) is 12.0 Å². The fraction of sp³-hybridized carbons (Fsp3) is 0.417. The van der Waals surface area contributed by atoms with E-state index in [1.807, 2.05) is 6.92 Å². The van der Waals surface area contributed by atoms with Gasteiger partial charge in [-0.2, -0.15) is 8.42 Å². The summed E-state index contributed by atoms with van der Waals surface area (Å²) in [5, 5.41) is 0. The van der Waals surface area contributed by atoms with Gasteiger partial charge >= 0.3 is 0 Å². The monoisotopic (exact) mass is 256 g/mol. The van der Waals surface area contributed by atoms with E-state index in [2.05, 4.69) is 0 Å². The Hall–Kier alpha value is -1.20. The molecule has 0 radical (unpaired) electrons. The molecule has 0 atom stereocenters. The Morgan fingerprint density at radius 2 is 1.76 bits per heavy atom. The third kappa shape index (κ3) is 4.66. The maximum Gasteiger partial charge on any atom is 0.294 e. The lowest BCUT2D eigenvalue weighted by Crippen LogP contribution is -2.01. The Morgan fingerprint density at radius 3 is 2.24 bits per heavy atom. The van der Waals surface area contributed by atoms with Crippen LogP contribution in [-0.4, -0.2) is 18.8 Å². The van der Waals surface area contributed by atoms with Crippen LogP contribution in [0, 0.1) is 0 Å². The summed E-state index contributed by atoms with van der Waals surface area (Å²) in [4.78, 5) is 11.2. The number of carbonyl (C=O) groups is 1. The number of benzene rings is 1. The zero-order valence-corrected chi connectivity index (χ0v) is 10.5. The van der Waals surface area contributed by atoms with Gasteiger partial charge in [0, 0.05) is 12.8 Å². The van der Waals surface area contributed by atoms with Crippen molar-refractivity contribution < 1.29 is 17.8 Å². The van der Waals surface area contributed by atoms with E-state index >= 15 is 0 Å². The molecule has 0 bridgehead atoms. The van der Waals surface area contributed by atoms with Gasteiger partial charge in [-0.3, -0.25) is 9.35 Å². The summed E-state index contributed by atoms with van der Waals surface area (Å²) < 4.78 is 30.4. The van der Waals surface area contributed by atoms with Gasteiger partial charge in [0.25, 0.3) is 10.1 Å². The highest BCUT2D eigenvalue weighted by molar-refractivity contribution is 7.85. The van der Waals surface area contributed by atoms with Crippen LogP contribution in [0.5, 0.6) is 0 Å². The molecule has 1 rings (SSSR count). The van der Waals surface area contributed by atoms with Crippen LogP contribution in [0.2, 0.25) is 0 Å². The van der Waals surface area contributed by atoms with Crippen LogP contribution < -0.4 is 0 Å². The van der Waals surface area contributed by atoms with Crippen LogP contribution in [0.1, 0.15) is 31.7 Å². The fourth-order valence-electron chi connectivity index (χ4n) is 1.52. The highest BCUT2D eigenvalue weighted by Crippen LogP contribution is 2.12. The minimum atomic E-state index is -4.13. The third-order valence-corrected chi connectivity index (χ3v) is 3.31. The Balaban J connectivity index is 2.60. The molecule has 0 aromatic heterocycles. The maximum atomic E-state index is 11.3. The number of ketones is 1. The van der Waals surface area contributed by atoms with E-state index in [4.69, 9.17) is 4.55 Å². The molecule has 0 unspecified atom stereocenters. The summed E-state index contributed by atoms with van der Waals surface area (Å²) in [6.45, 7) is 1.96. The van der Waals surface area contributed by atoms with Crippen LogP contribution in [0.3, 0.4) is 0 Å². The average Bonchev–Trinajstić information content (AvgIpc) is 2.26. The zero-order chi connectivity index (χ0) is 12.9. The lowest BCUT2D eigenvalue weighted by Gasteiger charge is -2.02. The molecule has 0 amide bonds. The molecule has 0 saturated heterocycles. The lowest BCUT2D eigenvalue weighted by molar-refractivity contribution is -0.119. The predicted molar refractivity (Wildman–Crippen MR) is 64.5 cm³/mol. The smallest absolute Gasteiger partial charge is 0.294 e. The fourth-order valence-corrected chi connectivity index (χ4v) is 2.00. The highest BCUT2D eigenvalue weighted by Gasteiger charge is 2.08. The van der Waals surface area contributed by atoms with Gasteiger partial charge in [-0.1, -0.05) is 19.1 Å². The molecule has 0 fully saturated rings. The van der Waals surface area contributed by atoms with E-state index in [-0.39, 0.29) is 10.7 Å². The summed E-state index contributed by atoms with van der Waals surface area (Å²) >= 11 is 0. The van der Waals surface area contributed by atoms with Gasteiger partial charge in [0.2, 0.25) is 0 Å². The standard InChI is InChI=1S/C12H16O4S/c1-2-3-11(13)7-4-10-5-8-12(9-6-10)17(14,15)16/h5-6,8-9H,2-4,7H2,1H3,(H,14,15,16). The summed E-state index contributed by atoms with van der Waals surface area (Å²) in [7, 11) is -4.13. The second-order valence-corrected chi connectivity index (χ2v) is 5.33. The van der Waals surface area contributed by atoms with Crippen molar-refractivity contribution in [2.45, 2.75) is 37.5 Å². The van der Waals surface area contributed by atoms with Gasteiger partial charge in [0.15, 0.2) is 0 Å². The molecule has 1 aromatic carbocycles. The molecule has 0 heterocycles. The molecule has 5 heteroatoms. The van der Waals surface area contributed by atoms with Crippen molar-refractivity contribution in [2.24, 2.45) is 0 Å². The van der Waals surface area contributed by atoms with Crippen molar-refractivity contribution in [2.75, 3.05) is 0 Å². The average molecular weight is 256 g/mol. The SMILES string of the molecule is CCCC(=O)CCc1ccc(S(=O)(=O)O)cc1. The maximum absolute atomic E-state index is 11.3. The van der Waals surface area contributed by atoms with Crippen LogP contribution in [0.25, 0.3) is 0 Å². The van der Waals surface area contributed by atoms with Gasteiger partial charge in [0.1, 0.15) is 5.78 Å². The van der Waals surface area contributed by atoms with Crippen molar-refractivity contribution >= 4 is 15.9 Å². The predicted octanol–water partition coefficient (Wildman–Crippen LogP) is 2.24. The number of aryl methyl sites for hydroxylation is 1. The summed E-state index contributed by atoms with van der Waals surface area (Å²) in [5.41, 5.74) is 0.891. The summed E-state index contributed by atoms with van der Waals surface area (Å²) in [6, 6.07) is 5.91. The van der Waals surface area contributed by atoms with E-state index in [1.165, 1.54) is 12.1 Å². The normalized spacial score (nSPS) is 11.4. The second kappa shape index (κ2) is 5.93. The van der Waals surface area contributed by atoms with Gasteiger partial charge in [0.05, 0.1) is 4.90 Å². The summed E-state index contributed by atoms with van der Waals surface area (Å²) in [6.07, 6.45) is 2.51. The Bertz CT molecular complexity index is 474. The molecule has 0 aliphatic heterocycles. The van der Waals surface area contributed by atoms with Gasteiger partial charge in [-0.25, -0.2) is 0 Å². The largest absolute Gasteiger partial charge is 0.300 e. The molecule has 0 saturated carbocycles. The van der Waals surface area contributed by atoms with E-state index in [0.29, 0.717) is 19.3 Å². The second-order valence-electron chi connectivity index (χ2n) is 3.91. The first kappa shape index (κ1) is 13.9. The summed E-state index contributed by atoms with van der Waals surface area (Å²) in [5.74, 6) is 0.214. The molecule has 0 spiro atoms. The van der Waals surface area contributed by atoms with E-state index in [9.17, 15) is 13.2 Å². The first-order valence-corrected chi connectivity index (χ1v) is 6.95. The van der Waals surface area contributed by atoms with Crippen molar-refractivity contribution in [3.63, 3.8) is 0 Å². The van der Waals surface area contributed by atoms with Crippen molar-refractivity contribution in [3.8, 4) is 0 Å². The Morgan fingerprint density at radius 1 is 1.18 bits per heavy atom.